The van der Waals surface area contributed by atoms with E-state index in [2.05, 4.69) is 15.3 Å². The normalized spacial score (nSPS) is 13.8. The van der Waals surface area contributed by atoms with Gasteiger partial charge in [0.15, 0.2) is 0 Å². The average Bonchev–Trinajstić information content (AvgIpc) is 3.93. The second-order valence-electron chi connectivity index (χ2n) is 12.9. The molecule has 0 radical (unpaired) electrons. The van der Waals surface area contributed by atoms with Gasteiger partial charge < -0.3 is 25.1 Å². The van der Waals surface area contributed by atoms with E-state index in [4.69, 9.17) is 5.73 Å². The lowest BCUT2D eigenvalue weighted by Crippen LogP contribution is -2.47. The molecule has 4 aromatic carbocycles. The fraction of sp³-hybridized carbons (Fsp3) is 0.205. The lowest BCUT2D eigenvalue weighted by molar-refractivity contribution is -0.129. The van der Waals surface area contributed by atoms with E-state index in [1.807, 2.05) is 45.7 Å². The molecule has 3 N–H and O–H groups in total. The van der Waals surface area contributed by atoms with Gasteiger partial charge in [-0.3, -0.25) is 33.8 Å². The van der Waals surface area contributed by atoms with Gasteiger partial charge in [-0.15, -0.1) is 0 Å². The zero-order valence-electron chi connectivity index (χ0n) is 28.6. The molecule has 0 atom stereocenters. The molecule has 2 aromatic heterocycles. The van der Waals surface area contributed by atoms with Gasteiger partial charge in [0.05, 0.1) is 30.6 Å². The maximum Gasteiger partial charge on any atom is 0.261 e. The number of benzene rings is 4. The van der Waals surface area contributed by atoms with Crippen molar-refractivity contribution in [2.24, 2.45) is 5.73 Å². The van der Waals surface area contributed by atoms with E-state index in [-0.39, 0.29) is 43.9 Å². The maximum atomic E-state index is 13.6. The molecular formula is C39H35N9O5. The molecule has 0 saturated heterocycles. The second-order valence-corrected chi connectivity index (χ2v) is 12.9. The van der Waals surface area contributed by atoms with Crippen LogP contribution in [-0.4, -0.2) is 109 Å². The van der Waals surface area contributed by atoms with Crippen LogP contribution in [0.4, 0.5) is 0 Å². The van der Waals surface area contributed by atoms with E-state index < -0.39 is 11.8 Å². The fourth-order valence-electron chi connectivity index (χ4n) is 7.34. The van der Waals surface area contributed by atoms with Gasteiger partial charge in [-0.05, 0) is 49.4 Å². The van der Waals surface area contributed by atoms with Gasteiger partial charge in [0.25, 0.3) is 23.6 Å². The zero-order valence-corrected chi connectivity index (χ0v) is 28.6. The maximum absolute atomic E-state index is 13.6. The Kier molecular flexibility index (Phi) is 8.82. The van der Waals surface area contributed by atoms with Crippen LogP contribution in [0.1, 0.15) is 47.9 Å². The summed E-state index contributed by atoms with van der Waals surface area (Å²) in [6.45, 7) is 1.25. The van der Waals surface area contributed by atoms with Crippen LogP contribution >= 0.6 is 0 Å². The number of nitrogens with two attached hydrogens (primary N) is 1. The van der Waals surface area contributed by atoms with Crippen LogP contribution in [0.15, 0.2) is 98.1 Å². The number of hydrogen-bond donors (Lipinski definition) is 2. The summed E-state index contributed by atoms with van der Waals surface area (Å²) >= 11 is 0. The number of aromatic nitrogens is 4. The van der Waals surface area contributed by atoms with Gasteiger partial charge in [-0.25, -0.2) is 9.97 Å². The number of amides is 5. The number of rotatable bonds is 13. The Labute approximate surface area is 303 Å². The summed E-state index contributed by atoms with van der Waals surface area (Å²) in [4.78, 5) is 79.4. The third-order valence-corrected chi connectivity index (χ3v) is 9.92. The van der Waals surface area contributed by atoms with Gasteiger partial charge in [0.1, 0.15) is 0 Å². The zero-order chi connectivity index (χ0) is 36.6. The predicted molar refractivity (Wildman–Crippen MR) is 196 cm³/mol. The van der Waals surface area contributed by atoms with Gasteiger partial charge in [-0.1, -0.05) is 24.3 Å². The molecule has 0 spiro atoms. The van der Waals surface area contributed by atoms with Gasteiger partial charge in [0, 0.05) is 101 Å². The lowest BCUT2D eigenvalue weighted by Gasteiger charge is -2.30. The molecule has 2 aliphatic rings. The molecule has 8 rings (SSSR count). The number of imidazole rings is 2. The highest BCUT2D eigenvalue weighted by Gasteiger charge is 2.35. The molecule has 2 aliphatic heterocycles. The molecule has 5 amide bonds. The van der Waals surface area contributed by atoms with Crippen LogP contribution in [0.25, 0.3) is 32.9 Å². The Bertz CT molecular complexity index is 2380. The Morgan fingerprint density at radius 1 is 0.642 bits per heavy atom. The van der Waals surface area contributed by atoms with Crippen LogP contribution in [0.2, 0.25) is 0 Å². The summed E-state index contributed by atoms with van der Waals surface area (Å²) in [5, 5.41) is 6.07. The predicted octanol–water partition coefficient (Wildman–Crippen LogP) is 3.02. The standard InChI is InChI=1S/C39H35N9O5/c40-22-33(49)44(20-21-48-37(51)28-7-2-5-26-32(46-18-14-43-24-46)11-9-30(35(26)28)39(48)53)16-3-12-41-15-19-47-36(50)27-6-1-4-25-31(45-17-13-42-23-45)10-8-29(34(25)27)38(47)52/h1-2,4-11,13-14,17-18,23-24,41H,3,12,15-16,19-22,40H2. The molecule has 53 heavy (non-hydrogen) atoms. The minimum absolute atomic E-state index is 0.00710. The second kappa shape index (κ2) is 13.9. The Morgan fingerprint density at radius 2 is 1.15 bits per heavy atom. The van der Waals surface area contributed by atoms with Crippen LogP contribution in [-0.2, 0) is 4.79 Å². The van der Waals surface area contributed by atoms with Crippen molar-refractivity contribution in [1.82, 2.24) is 39.1 Å². The topological polar surface area (TPSA) is 169 Å². The van der Waals surface area contributed by atoms with Gasteiger partial charge >= 0.3 is 0 Å². The van der Waals surface area contributed by atoms with Crippen molar-refractivity contribution in [3.8, 4) is 11.4 Å². The minimum Gasteiger partial charge on any atom is -0.340 e. The van der Waals surface area contributed by atoms with E-state index in [0.717, 1.165) is 22.1 Å². The first-order valence-electron chi connectivity index (χ1n) is 17.4. The third-order valence-electron chi connectivity index (χ3n) is 9.92. The Balaban J connectivity index is 0.873. The van der Waals surface area contributed by atoms with Crippen LogP contribution in [0, 0.1) is 0 Å². The highest BCUT2D eigenvalue weighted by molar-refractivity contribution is 6.27. The first-order chi connectivity index (χ1) is 25.9. The lowest BCUT2D eigenvalue weighted by atomic mass is 9.93. The quantitative estimate of drug-likeness (QED) is 0.135. The Hall–Kier alpha value is -6.51. The van der Waals surface area contributed by atoms with Crippen molar-refractivity contribution < 1.29 is 24.0 Å². The highest BCUT2D eigenvalue weighted by atomic mass is 16.2. The summed E-state index contributed by atoms with van der Waals surface area (Å²) in [5.74, 6) is -1.84. The number of nitrogens with one attached hydrogen (secondary N) is 1. The van der Waals surface area contributed by atoms with Crippen LogP contribution in [0.3, 0.4) is 0 Å². The summed E-state index contributed by atoms with van der Waals surface area (Å²) in [6.07, 6.45) is 10.8. The van der Waals surface area contributed by atoms with E-state index in [1.165, 1.54) is 9.80 Å². The van der Waals surface area contributed by atoms with Crippen molar-refractivity contribution in [1.29, 1.82) is 0 Å². The fourth-order valence-corrected chi connectivity index (χ4v) is 7.34. The van der Waals surface area contributed by atoms with E-state index >= 15 is 0 Å². The van der Waals surface area contributed by atoms with Crippen molar-refractivity contribution >= 4 is 51.1 Å². The van der Waals surface area contributed by atoms with E-state index in [1.54, 1.807) is 66.5 Å². The molecular weight excluding hydrogens is 674 g/mol. The summed E-state index contributed by atoms with van der Waals surface area (Å²) < 4.78 is 3.68. The molecule has 0 aliphatic carbocycles. The molecule has 0 unspecified atom stereocenters. The molecule has 0 saturated carbocycles. The smallest absolute Gasteiger partial charge is 0.261 e. The molecule has 14 heteroatoms. The van der Waals surface area contributed by atoms with E-state index in [9.17, 15) is 24.0 Å². The number of hydrogen-bond acceptors (Lipinski definition) is 9. The SMILES string of the molecule is NCC(=O)N(CCCNCCN1C(=O)c2cccc3c(-n4ccnc4)ccc(c23)C1=O)CCN1C(=O)c2cccc3c(-n4ccnc4)ccc(c23)C1=O. The number of nitrogens with zero attached hydrogens (tertiary/aromatic N) is 7. The summed E-state index contributed by atoms with van der Waals surface area (Å²) in [6, 6.07) is 18.0. The largest absolute Gasteiger partial charge is 0.340 e. The molecule has 14 nitrogen and oxygen atoms in total. The highest BCUT2D eigenvalue weighted by Crippen LogP contribution is 2.35. The van der Waals surface area contributed by atoms with Gasteiger partial charge in [-0.2, -0.15) is 0 Å². The summed E-state index contributed by atoms with van der Waals surface area (Å²) in [7, 11) is 0. The molecule has 0 fully saturated rings. The third kappa shape index (κ3) is 5.83. The first-order valence-corrected chi connectivity index (χ1v) is 17.4. The average molecular weight is 710 g/mol. The van der Waals surface area contributed by atoms with Crippen molar-refractivity contribution in [3.63, 3.8) is 0 Å². The Morgan fingerprint density at radius 3 is 1.64 bits per heavy atom. The van der Waals surface area contributed by atoms with E-state index in [0.29, 0.717) is 59.1 Å². The molecule has 0 bridgehead atoms. The van der Waals surface area contributed by atoms with Crippen LogP contribution in [0.5, 0.6) is 0 Å². The van der Waals surface area contributed by atoms with Crippen molar-refractivity contribution in [3.05, 3.63) is 120 Å². The number of carbonyl (C=O) groups excluding carboxylic acids is 5. The monoisotopic (exact) mass is 709 g/mol. The molecule has 6 aromatic rings. The number of imide groups is 2. The summed E-state index contributed by atoms with van der Waals surface area (Å²) in [5.41, 5.74) is 9.15. The van der Waals surface area contributed by atoms with Crippen molar-refractivity contribution in [2.45, 2.75) is 6.42 Å². The first kappa shape index (κ1) is 33.6. The number of carbonyl (C=O) groups is 5. The molecule has 266 valence electrons. The van der Waals surface area contributed by atoms with Crippen molar-refractivity contribution in [2.75, 3.05) is 45.8 Å². The van der Waals surface area contributed by atoms with Crippen LogP contribution < -0.4 is 11.1 Å². The molecule has 4 heterocycles. The van der Waals surface area contributed by atoms with Gasteiger partial charge in [0.2, 0.25) is 5.91 Å². The minimum atomic E-state index is -0.419.